The minimum absolute atomic E-state index is 0.375. The molecule has 24 heavy (non-hydrogen) atoms. The second-order valence-electron chi connectivity index (χ2n) is 4.66. The number of rotatable bonds is 6. The fourth-order valence-electron chi connectivity index (χ4n) is 1.99. The molecule has 0 atom stereocenters. The molecule has 0 radical (unpaired) electrons. The summed E-state index contributed by atoms with van der Waals surface area (Å²) in [5.41, 5.74) is 3.52. The zero-order chi connectivity index (χ0) is 17.5. The molecule has 2 rings (SSSR count). The van der Waals surface area contributed by atoms with Crippen LogP contribution in [0.25, 0.3) is 0 Å². The zero-order valence-corrected chi connectivity index (χ0v) is 15.5. The lowest BCUT2D eigenvalue weighted by molar-refractivity contribution is 0.0952. The van der Waals surface area contributed by atoms with Crippen molar-refractivity contribution in [2.24, 2.45) is 5.10 Å². The lowest BCUT2D eigenvalue weighted by Gasteiger charge is -2.08. The average Bonchev–Trinajstić information content (AvgIpc) is 2.57. The molecule has 0 aromatic heterocycles. The summed E-state index contributed by atoms with van der Waals surface area (Å²) in [6.07, 6.45) is 1.49. The molecule has 1 N–H and O–H groups in total. The number of amides is 1. The van der Waals surface area contributed by atoms with Gasteiger partial charge in [-0.15, -0.1) is 0 Å². The number of halogens is 2. The van der Waals surface area contributed by atoms with Gasteiger partial charge in [-0.2, -0.15) is 5.10 Å². The predicted molar refractivity (Wildman–Crippen MR) is 98.4 cm³/mol. The smallest absolute Gasteiger partial charge is 0.275 e. The normalized spacial score (nSPS) is 10.7. The fraction of sp³-hybridized carbons (Fsp3) is 0.176. The molecular formula is C17H16BrClN2O3. The van der Waals surface area contributed by atoms with Crippen molar-refractivity contribution in [3.05, 3.63) is 57.0 Å². The number of hydrazone groups is 1. The van der Waals surface area contributed by atoms with Gasteiger partial charge >= 0.3 is 0 Å². The average molecular weight is 412 g/mol. The second kappa shape index (κ2) is 8.70. The van der Waals surface area contributed by atoms with E-state index in [2.05, 4.69) is 26.5 Å². The predicted octanol–water partition coefficient (Wildman–Crippen LogP) is 4.27. The van der Waals surface area contributed by atoms with Crippen molar-refractivity contribution >= 4 is 39.7 Å². The van der Waals surface area contributed by atoms with Crippen molar-refractivity contribution < 1.29 is 14.3 Å². The molecule has 1 amide bonds. The van der Waals surface area contributed by atoms with Crippen LogP contribution in [-0.4, -0.2) is 25.8 Å². The number of methoxy groups -OCH3 is 1. The van der Waals surface area contributed by atoms with E-state index in [9.17, 15) is 4.79 Å². The highest BCUT2D eigenvalue weighted by molar-refractivity contribution is 9.10. The van der Waals surface area contributed by atoms with Crippen LogP contribution >= 0.6 is 27.5 Å². The number of ether oxygens (including phenoxy) is 2. The molecule has 126 valence electrons. The van der Waals surface area contributed by atoms with E-state index in [1.54, 1.807) is 36.4 Å². The third-order valence-corrected chi connectivity index (χ3v) is 3.78. The molecule has 5 nitrogen and oxygen atoms in total. The highest BCUT2D eigenvalue weighted by Crippen LogP contribution is 2.23. The van der Waals surface area contributed by atoms with Crippen LogP contribution in [0.15, 0.2) is 46.0 Å². The first kappa shape index (κ1) is 18.3. The molecule has 0 aliphatic heterocycles. The number of benzene rings is 2. The van der Waals surface area contributed by atoms with Crippen LogP contribution in [-0.2, 0) is 0 Å². The number of hydrogen-bond donors (Lipinski definition) is 1. The van der Waals surface area contributed by atoms with Crippen molar-refractivity contribution in [1.82, 2.24) is 5.43 Å². The molecule has 0 aliphatic rings. The van der Waals surface area contributed by atoms with Crippen molar-refractivity contribution in [1.29, 1.82) is 0 Å². The third-order valence-electron chi connectivity index (χ3n) is 3.05. The van der Waals surface area contributed by atoms with Crippen molar-refractivity contribution in [2.75, 3.05) is 13.7 Å². The number of carbonyl (C=O) groups is 1. The third kappa shape index (κ3) is 4.72. The molecule has 0 bridgehead atoms. The van der Waals surface area contributed by atoms with Crippen molar-refractivity contribution in [3.8, 4) is 11.5 Å². The van der Waals surface area contributed by atoms with Crippen LogP contribution in [0.3, 0.4) is 0 Å². The molecular weight excluding hydrogens is 396 g/mol. The monoisotopic (exact) mass is 410 g/mol. The Morgan fingerprint density at radius 2 is 2.04 bits per heavy atom. The number of nitrogens with one attached hydrogen (secondary N) is 1. The molecule has 0 heterocycles. The Morgan fingerprint density at radius 1 is 1.29 bits per heavy atom. The van der Waals surface area contributed by atoms with Gasteiger partial charge in [0.2, 0.25) is 0 Å². The van der Waals surface area contributed by atoms with E-state index >= 15 is 0 Å². The number of hydrogen-bond acceptors (Lipinski definition) is 4. The fourth-order valence-corrected chi connectivity index (χ4v) is 2.53. The van der Waals surface area contributed by atoms with Gasteiger partial charge in [0, 0.05) is 15.1 Å². The summed E-state index contributed by atoms with van der Waals surface area (Å²) in [7, 11) is 1.50. The minimum atomic E-state index is -0.385. The Bertz CT molecular complexity index is 765. The van der Waals surface area contributed by atoms with Gasteiger partial charge in [-0.1, -0.05) is 27.5 Å². The quantitative estimate of drug-likeness (QED) is 0.570. The standard InChI is InChI=1S/C17H16BrClN2O3/c1-3-24-15-7-5-13(19)8-11(15)10-20-21-17(22)14-9-12(18)4-6-16(14)23-2/h4-10H,3H2,1-2H3,(H,21,22)/b20-10-. The summed E-state index contributed by atoms with van der Waals surface area (Å²) in [4.78, 5) is 12.3. The second-order valence-corrected chi connectivity index (χ2v) is 6.01. The van der Waals surface area contributed by atoms with Gasteiger partial charge in [0.15, 0.2) is 0 Å². The van der Waals surface area contributed by atoms with E-state index in [4.69, 9.17) is 21.1 Å². The SMILES string of the molecule is CCOc1ccc(Cl)cc1/C=N\NC(=O)c1cc(Br)ccc1OC. The van der Waals surface area contributed by atoms with E-state index in [0.29, 0.717) is 34.3 Å². The van der Waals surface area contributed by atoms with Gasteiger partial charge < -0.3 is 9.47 Å². The van der Waals surface area contributed by atoms with Gasteiger partial charge in [-0.25, -0.2) is 5.43 Å². The van der Waals surface area contributed by atoms with Crippen LogP contribution in [0, 0.1) is 0 Å². The van der Waals surface area contributed by atoms with E-state index < -0.39 is 0 Å². The van der Waals surface area contributed by atoms with Crippen LogP contribution < -0.4 is 14.9 Å². The zero-order valence-electron chi connectivity index (χ0n) is 13.2. The van der Waals surface area contributed by atoms with E-state index in [1.807, 2.05) is 6.92 Å². The first-order valence-electron chi connectivity index (χ1n) is 7.14. The Morgan fingerprint density at radius 3 is 2.75 bits per heavy atom. The van der Waals surface area contributed by atoms with Gasteiger partial charge in [0.1, 0.15) is 11.5 Å². The van der Waals surface area contributed by atoms with Gasteiger partial charge in [0.05, 0.1) is 25.5 Å². The summed E-state index contributed by atoms with van der Waals surface area (Å²) in [6.45, 7) is 2.40. The number of carbonyl (C=O) groups excluding carboxylic acids is 1. The summed E-state index contributed by atoms with van der Waals surface area (Å²) < 4.78 is 11.4. The van der Waals surface area contributed by atoms with Crippen LogP contribution in [0.2, 0.25) is 5.02 Å². The Labute approximate surface area is 153 Å². The van der Waals surface area contributed by atoms with Crippen molar-refractivity contribution in [3.63, 3.8) is 0 Å². The molecule has 7 heteroatoms. The molecule has 0 fully saturated rings. The number of nitrogens with zero attached hydrogens (tertiary/aromatic N) is 1. The van der Waals surface area contributed by atoms with E-state index in [0.717, 1.165) is 4.47 Å². The Balaban J connectivity index is 2.16. The topological polar surface area (TPSA) is 59.9 Å². The van der Waals surface area contributed by atoms with Crippen LogP contribution in [0.5, 0.6) is 11.5 Å². The molecule has 0 saturated heterocycles. The molecule has 2 aromatic rings. The molecule has 0 unspecified atom stereocenters. The van der Waals surface area contributed by atoms with Gasteiger partial charge in [0.25, 0.3) is 5.91 Å². The Kier molecular flexibility index (Phi) is 6.63. The van der Waals surface area contributed by atoms with Crippen LogP contribution in [0.1, 0.15) is 22.8 Å². The van der Waals surface area contributed by atoms with Gasteiger partial charge in [-0.3, -0.25) is 4.79 Å². The molecule has 0 saturated carbocycles. The highest BCUT2D eigenvalue weighted by atomic mass is 79.9. The summed E-state index contributed by atoms with van der Waals surface area (Å²) in [5.74, 6) is 0.716. The summed E-state index contributed by atoms with van der Waals surface area (Å²) >= 11 is 9.31. The summed E-state index contributed by atoms with van der Waals surface area (Å²) in [6, 6.07) is 10.4. The maximum absolute atomic E-state index is 12.3. The van der Waals surface area contributed by atoms with E-state index in [-0.39, 0.29) is 5.91 Å². The maximum atomic E-state index is 12.3. The lowest BCUT2D eigenvalue weighted by atomic mass is 10.2. The van der Waals surface area contributed by atoms with E-state index in [1.165, 1.54) is 13.3 Å². The first-order chi connectivity index (χ1) is 11.5. The molecule has 2 aromatic carbocycles. The maximum Gasteiger partial charge on any atom is 0.275 e. The Hall–Kier alpha value is -2.05. The minimum Gasteiger partial charge on any atom is -0.496 e. The lowest BCUT2D eigenvalue weighted by Crippen LogP contribution is -2.18. The largest absolute Gasteiger partial charge is 0.496 e. The van der Waals surface area contributed by atoms with Gasteiger partial charge in [-0.05, 0) is 43.3 Å². The highest BCUT2D eigenvalue weighted by Gasteiger charge is 2.12. The summed E-state index contributed by atoms with van der Waals surface area (Å²) in [5, 5.41) is 4.53. The molecule has 0 spiro atoms. The van der Waals surface area contributed by atoms with Crippen LogP contribution in [0.4, 0.5) is 0 Å². The molecule has 0 aliphatic carbocycles. The van der Waals surface area contributed by atoms with Crippen molar-refractivity contribution in [2.45, 2.75) is 6.92 Å². The first-order valence-corrected chi connectivity index (χ1v) is 8.31.